The molecule has 14 heteroatoms. The lowest BCUT2D eigenvalue weighted by molar-refractivity contribution is -0.144. The predicted octanol–water partition coefficient (Wildman–Crippen LogP) is 5.35. The highest BCUT2D eigenvalue weighted by molar-refractivity contribution is 6.42. The fraction of sp³-hybridized carbons (Fsp3) is 0.488. The Labute approximate surface area is 333 Å². The first-order valence-electron chi connectivity index (χ1n) is 18.8. The van der Waals surface area contributed by atoms with Crippen molar-refractivity contribution in [2.24, 2.45) is 0 Å². The van der Waals surface area contributed by atoms with Gasteiger partial charge in [0.2, 0.25) is 11.7 Å². The highest BCUT2D eigenvalue weighted by atomic mass is 35.5. The van der Waals surface area contributed by atoms with Crippen LogP contribution in [0.5, 0.6) is 17.2 Å². The normalized spacial score (nSPS) is 21.2. The Balaban J connectivity index is 1.17. The number of piperidine rings is 1. The van der Waals surface area contributed by atoms with Gasteiger partial charge in [-0.2, -0.15) is 0 Å². The first-order chi connectivity index (χ1) is 26.4. The molecule has 3 heterocycles. The number of halogens is 2. The summed E-state index contributed by atoms with van der Waals surface area (Å²) in [4.78, 5) is 46.1. The molecule has 12 nitrogen and oxygen atoms in total. The number of carboxylic acids is 1. The number of carbonyl (C=O) groups excluding carboxylic acids is 2. The second-order valence-corrected chi connectivity index (χ2v) is 15.6. The number of hydrogen-bond acceptors (Lipinski definition) is 9. The van der Waals surface area contributed by atoms with Gasteiger partial charge in [0.05, 0.1) is 36.8 Å². The first-order valence-corrected chi connectivity index (χ1v) is 19.5. The van der Waals surface area contributed by atoms with Crippen molar-refractivity contribution < 1.29 is 33.7 Å². The zero-order chi connectivity index (χ0) is 39.3. The molecule has 3 aromatic carbocycles. The number of hydrogen-bond donors (Lipinski definition) is 2. The quantitative estimate of drug-likeness (QED) is 0.234. The molecule has 0 aliphatic carbocycles. The largest absolute Gasteiger partial charge is 0.493 e. The minimum absolute atomic E-state index is 0.0258. The SMILES string of the molecule is COc1cc(C(=O)N2CC[C@](CCN3CCC(C(=O)NN4CCN([C@H](C)C(=O)O)CC4)(c4ccccc4)CC3)(c3ccc(Cl)c(Cl)c3)C2)cc(OC)c1OC. The molecule has 0 bridgehead atoms. The molecule has 6 rings (SSSR count). The van der Waals surface area contributed by atoms with E-state index in [0.29, 0.717) is 85.0 Å². The van der Waals surface area contributed by atoms with E-state index in [1.807, 2.05) is 63.3 Å². The zero-order valence-corrected chi connectivity index (χ0v) is 33.5. The van der Waals surface area contributed by atoms with Crippen molar-refractivity contribution in [3.63, 3.8) is 0 Å². The lowest BCUT2D eigenvalue weighted by atomic mass is 9.71. The average Bonchev–Trinajstić information content (AvgIpc) is 3.66. The number of piperazine rings is 1. The zero-order valence-electron chi connectivity index (χ0n) is 32.0. The molecule has 2 amide bonds. The summed E-state index contributed by atoms with van der Waals surface area (Å²) < 4.78 is 16.5. The van der Waals surface area contributed by atoms with Crippen LogP contribution in [0.15, 0.2) is 60.7 Å². The number of rotatable bonds is 13. The highest BCUT2D eigenvalue weighted by Crippen LogP contribution is 2.43. The second kappa shape index (κ2) is 17.4. The van der Waals surface area contributed by atoms with Crippen LogP contribution in [0.3, 0.4) is 0 Å². The van der Waals surface area contributed by atoms with Crippen molar-refractivity contribution in [1.29, 1.82) is 0 Å². The van der Waals surface area contributed by atoms with Crippen LogP contribution in [0, 0.1) is 0 Å². The molecular weight excluding hydrogens is 745 g/mol. The minimum atomic E-state index is -0.843. The van der Waals surface area contributed by atoms with Crippen LogP contribution >= 0.6 is 23.2 Å². The Hall–Kier alpha value is -4.07. The molecule has 296 valence electrons. The van der Waals surface area contributed by atoms with Gasteiger partial charge < -0.3 is 29.1 Å². The molecule has 3 aliphatic heterocycles. The Morgan fingerprint density at radius 2 is 1.45 bits per heavy atom. The molecule has 0 spiro atoms. The van der Waals surface area contributed by atoms with Crippen LogP contribution in [-0.2, 0) is 20.4 Å². The van der Waals surface area contributed by atoms with Gasteiger partial charge in [-0.1, -0.05) is 59.6 Å². The van der Waals surface area contributed by atoms with Crippen LogP contribution in [0.25, 0.3) is 0 Å². The number of nitrogens with one attached hydrogen (secondary N) is 1. The fourth-order valence-electron chi connectivity index (χ4n) is 8.41. The molecule has 2 N–H and O–H groups in total. The van der Waals surface area contributed by atoms with Crippen molar-refractivity contribution in [1.82, 2.24) is 25.1 Å². The van der Waals surface area contributed by atoms with Gasteiger partial charge in [0, 0.05) is 50.2 Å². The molecule has 0 aromatic heterocycles. The van der Waals surface area contributed by atoms with Gasteiger partial charge in [0.1, 0.15) is 6.04 Å². The number of hydrazine groups is 1. The maximum Gasteiger partial charge on any atom is 0.320 e. The lowest BCUT2D eigenvalue weighted by Gasteiger charge is -2.44. The smallest absolute Gasteiger partial charge is 0.320 e. The Morgan fingerprint density at radius 1 is 0.800 bits per heavy atom. The van der Waals surface area contributed by atoms with Crippen LogP contribution in [-0.4, -0.2) is 129 Å². The van der Waals surface area contributed by atoms with Gasteiger partial charge in [0.25, 0.3) is 5.91 Å². The van der Waals surface area contributed by atoms with Crippen molar-refractivity contribution in [2.45, 2.75) is 49.5 Å². The maximum absolute atomic E-state index is 14.3. The molecule has 3 aliphatic rings. The van der Waals surface area contributed by atoms with Gasteiger partial charge in [-0.15, -0.1) is 0 Å². The summed E-state index contributed by atoms with van der Waals surface area (Å²) in [6, 6.07) is 18.6. The van der Waals surface area contributed by atoms with Gasteiger partial charge >= 0.3 is 5.97 Å². The van der Waals surface area contributed by atoms with E-state index >= 15 is 0 Å². The number of nitrogens with zero attached hydrogens (tertiary/aromatic N) is 4. The van der Waals surface area contributed by atoms with E-state index in [2.05, 4.69) is 10.3 Å². The number of ether oxygens (including phenoxy) is 3. The summed E-state index contributed by atoms with van der Waals surface area (Å²) in [5, 5.41) is 12.3. The van der Waals surface area contributed by atoms with Gasteiger partial charge in [-0.05, 0) is 87.6 Å². The van der Waals surface area contributed by atoms with Crippen LogP contribution in [0.2, 0.25) is 10.0 Å². The Kier molecular flexibility index (Phi) is 12.8. The van der Waals surface area contributed by atoms with E-state index in [4.69, 9.17) is 37.4 Å². The molecule has 3 aromatic rings. The van der Waals surface area contributed by atoms with Crippen LogP contribution in [0.1, 0.15) is 54.1 Å². The van der Waals surface area contributed by atoms with E-state index in [-0.39, 0.29) is 17.2 Å². The Morgan fingerprint density at radius 3 is 2.04 bits per heavy atom. The van der Waals surface area contributed by atoms with Gasteiger partial charge in [-0.3, -0.25) is 24.7 Å². The standard InChI is InChI=1S/C41H51Cl2N5O7/c1-28(38(50)51)46-20-22-48(23-21-46)44-39(52)41(30-8-6-5-7-9-30)14-17-45(18-15-41)16-12-40(31-10-11-32(42)33(43)26-31)13-19-47(27-40)37(49)29-24-34(53-2)36(55-4)35(25-29)54-3/h5-11,24-26,28H,12-23,27H2,1-4H3,(H,44,52)(H,50,51)/t28-,40+/m1/s1. The van der Waals surface area contributed by atoms with Crippen molar-refractivity contribution in [2.75, 3.05) is 80.2 Å². The molecule has 0 radical (unpaired) electrons. The number of amides is 2. The molecule has 0 saturated carbocycles. The molecule has 55 heavy (non-hydrogen) atoms. The summed E-state index contributed by atoms with van der Waals surface area (Å²) in [6.07, 6.45) is 2.80. The summed E-state index contributed by atoms with van der Waals surface area (Å²) in [5.74, 6) is 0.257. The van der Waals surface area contributed by atoms with Crippen molar-refractivity contribution >= 4 is 41.0 Å². The van der Waals surface area contributed by atoms with E-state index in [9.17, 15) is 19.5 Å². The Bertz CT molecular complexity index is 1820. The third kappa shape index (κ3) is 8.53. The van der Waals surface area contributed by atoms with E-state index in [0.717, 1.165) is 43.6 Å². The minimum Gasteiger partial charge on any atom is -0.493 e. The maximum atomic E-state index is 14.3. The average molecular weight is 797 g/mol. The van der Waals surface area contributed by atoms with E-state index in [1.165, 1.54) is 21.3 Å². The molecule has 2 atom stereocenters. The third-order valence-corrected chi connectivity index (χ3v) is 12.7. The number of carboxylic acid groups (broad SMARTS) is 1. The van der Waals surface area contributed by atoms with E-state index in [1.54, 1.807) is 19.1 Å². The molecule has 0 unspecified atom stereocenters. The number of likely N-dealkylation sites (tertiary alicyclic amines) is 2. The molecular formula is C41H51Cl2N5O7. The van der Waals surface area contributed by atoms with Crippen molar-refractivity contribution in [3.05, 3.63) is 87.4 Å². The summed E-state index contributed by atoms with van der Waals surface area (Å²) >= 11 is 13.0. The number of aliphatic carboxylic acids is 1. The summed E-state index contributed by atoms with van der Waals surface area (Å²) in [5.41, 5.74) is 4.61. The third-order valence-electron chi connectivity index (χ3n) is 11.9. The molecule has 3 fully saturated rings. The number of carbonyl (C=O) groups is 3. The first kappa shape index (κ1) is 40.6. The topological polar surface area (TPSA) is 124 Å². The predicted molar refractivity (Wildman–Crippen MR) is 212 cm³/mol. The van der Waals surface area contributed by atoms with Crippen molar-refractivity contribution in [3.8, 4) is 17.2 Å². The molecule has 3 saturated heterocycles. The van der Waals surface area contributed by atoms with E-state index < -0.39 is 17.4 Å². The second-order valence-electron chi connectivity index (χ2n) is 14.8. The lowest BCUT2D eigenvalue weighted by Crippen LogP contribution is -2.60. The highest BCUT2D eigenvalue weighted by Gasteiger charge is 2.46. The number of benzene rings is 3. The van der Waals surface area contributed by atoms with Gasteiger partial charge in [-0.25, -0.2) is 5.01 Å². The number of methoxy groups -OCH3 is 3. The summed E-state index contributed by atoms with van der Waals surface area (Å²) in [7, 11) is 4.59. The van der Waals surface area contributed by atoms with Crippen LogP contribution < -0.4 is 19.6 Å². The summed E-state index contributed by atoms with van der Waals surface area (Å²) in [6.45, 7) is 7.17. The van der Waals surface area contributed by atoms with Crippen LogP contribution in [0.4, 0.5) is 0 Å². The van der Waals surface area contributed by atoms with Gasteiger partial charge in [0.15, 0.2) is 11.5 Å². The fourth-order valence-corrected chi connectivity index (χ4v) is 8.70. The monoisotopic (exact) mass is 795 g/mol.